The molecule has 2 nitrogen and oxygen atoms in total. The first-order valence-electron chi connectivity index (χ1n) is 7.20. The number of likely N-dealkylation sites (tertiary alicyclic amines) is 1. The van der Waals surface area contributed by atoms with Gasteiger partial charge in [-0.25, -0.2) is 0 Å². The maximum atomic E-state index is 13.0. The molecule has 1 aliphatic heterocycles. The highest BCUT2D eigenvalue weighted by Crippen LogP contribution is 2.51. The topological polar surface area (TPSA) is 20.3 Å². The highest BCUT2D eigenvalue weighted by Gasteiger charge is 2.48. The van der Waals surface area contributed by atoms with Gasteiger partial charge in [0, 0.05) is 18.5 Å². The maximum Gasteiger partial charge on any atom is 0.416 e. The van der Waals surface area contributed by atoms with Gasteiger partial charge in [-0.05, 0) is 49.3 Å². The van der Waals surface area contributed by atoms with Gasteiger partial charge in [0.1, 0.15) is 0 Å². The van der Waals surface area contributed by atoms with E-state index in [2.05, 4.69) is 0 Å². The van der Waals surface area contributed by atoms with Crippen molar-refractivity contribution in [2.75, 3.05) is 13.1 Å². The molecule has 0 aromatic heterocycles. The molecule has 1 unspecified atom stereocenters. The molecule has 1 aliphatic carbocycles. The van der Waals surface area contributed by atoms with E-state index in [0.29, 0.717) is 0 Å². The Balaban J connectivity index is 1.78. The molecule has 0 radical (unpaired) electrons. The normalized spacial score (nSPS) is 24.2. The molecular formula is C16H18F3NO. The molecule has 5 heteroatoms. The fourth-order valence-electron chi connectivity index (χ4n) is 3.87. The Morgan fingerprint density at radius 1 is 1.33 bits per heavy atom. The van der Waals surface area contributed by atoms with E-state index in [0.717, 1.165) is 44.3 Å². The van der Waals surface area contributed by atoms with Gasteiger partial charge >= 0.3 is 6.18 Å². The van der Waals surface area contributed by atoms with Crippen molar-refractivity contribution in [3.05, 3.63) is 34.9 Å². The standard InChI is InChI=1S/C16H18F3NO/c1-11-2-3-12(6-14(11)16(17,18)19)13-4-5-15(7-13)8-20(9-15)10-21/h2-3,6,10,13H,4-5,7-9H2,1H3. The first kappa shape index (κ1) is 14.4. The molecule has 1 atom stereocenters. The molecule has 1 aromatic carbocycles. The van der Waals surface area contributed by atoms with Gasteiger partial charge < -0.3 is 4.90 Å². The lowest BCUT2D eigenvalue weighted by Crippen LogP contribution is -2.54. The minimum absolute atomic E-state index is 0.148. The van der Waals surface area contributed by atoms with Gasteiger partial charge in [0.05, 0.1) is 5.56 Å². The molecular weight excluding hydrogens is 279 g/mol. The minimum atomic E-state index is -4.29. The number of amides is 1. The summed E-state index contributed by atoms with van der Waals surface area (Å²) in [6.07, 6.45) is -0.643. The third-order valence-corrected chi connectivity index (χ3v) is 4.97. The molecule has 1 saturated carbocycles. The maximum absolute atomic E-state index is 13.0. The second kappa shape index (κ2) is 4.75. The van der Waals surface area contributed by atoms with E-state index in [1.54, 1.807) is 11.0 Å². The monoisotopic (exact) mass is 297 g/mol. The lowest BCUT2D eigenvalue weighted by molar-refractivity contribution is -0.138. The van der Waals surface area contributed by atoms with Crippen LogP contribution in [-0.4, -0.2) is 24.4 Å². The Labute approximate surface area is 121 Å². The van der Waals surface area contributed by atoms with Crippen LogP contribution in [0.1, 0.15) is 41.9 Å². The summed E-state index contributed by atoms with van der Waals surface area (Å²) in [5, 5.41) is 0. The number of alkyl halides is 3. The minimum Gasteiger partial charge on any atom is -0.344 e. The number of halogens is 3. The zero-order valence-electron chi connectivity index (χ0n) is 11.9. The molecule has 1 heterocycles. The number of rotatable bonds is 2. The summed E-state index contributed by atoms with van der Waals surface area (Å²) in [6.45, 7) is 3.01. The molecule has 1 amide bonds. The number of carbonyl (C=O) groups excluding carboxylic acids is 1. The van der Waals surface area contributed by atoms with E-state index in [1.807, 2.05) is 6.07 Å². The SMILES string of the molecule is Cc1ccc(C2CCC3(C2)CN(C=O)C3)cc1C(F)(F)F. The predicted molar refractivity (Wildman–Crippen MR) is 72.8 cm³/mol. The van der Waals surface area contributed by atoms with Crippen LogP contribution in [-0.2, 0) is 11.0 Å². The highest BCUT2D eigenvalue weighted by atomic mass is 19.4. The predicted octanol–water partition coefficient (Wildman–Crippen LogP) is 3.74. The van der Waals surface area contributed by atoms with Crippen LogP contribution in [0.3, 0.4) is 0 Å². The Bertz CT molecular complexity index is 561. The fourth-order valence-corrected chi connectivity index (χ4v) is 3.87. The van der Waals surface area contributed by atoms with Gasteiger partial charge in [-0.2, -0.15) is 13.2 Å². The van der Waals surface area contributed by atoms with E-state index < -0.39 is 11.7 Å². The Kier molecular flexibility index (Phi) is 3.26. The van der Waals surface area contributed by atoms with Gasteiger partial charge in [-0.15, -0.1) is 0 Å². The molecule has 0 bridgehead atoms. The van der Waals surface area contributed by atoms with Crippen molar-refractivity contribution in [3.63, 3.8) is 0 Å². The molecule has 1 spiro atoms. The van der Waals surface area contributed by atoms with Crippen molar-refractivity contribution < 1.29 is 18.0 Å². The van der Waals surface area contributed by atoms with E-state index in [-0.39, 0.29) is 16.9 Å². The Morgan fingerprint density at radius 2 is 2.05 bits per heavy atom. The summed E-state index contributed by atoms with van der Waals surface area (Å²) in [5.41, 5.74) is 0.683. The largest absolute Gasteiger partial charge is 0.416 e. The summed E-state index contributed by atoms with van der Waals surface area (Å²) < 4.78 is 39.0. The van der Waals surface area contributed by atoms with Crippen molar-refractivity contribution in [2.24, 2.45) is 5.41 Å². The number of hydrogen-bond donors (Lipinski definition) is 0. The molecule has 1 saturated heterocycles. The van der Waals surface area contributed by atoms with Gasteiger partial charge in [-0.1, -0.05) is 12.1 Å². The lowest BCUT2D eigenvalue weighted by atomic mass is 9.77. The third kappa shape index (κ3) is 2.54. The van der Waals surface area contributed by atoms with Crippen molar-refractivity contribution >= 4 is 6.41 Å². The van der Waals surface area contributed by atoms with E-state index >= 15 is 0 Å². The molecule has 2 aliphatic rings. The zero-order valence-corrected chi connectivity index (χ0v) is 11.9. The van der Waals surface area contributed by atoms with E-state index in [9.17, 15) is 18.0 Å². The summed E-state index contributed by atoms with van der Waals surface area (Å²) in [5.74, 6) is 0.181. The molecule has 2 fully saturated rings. The first-order valence-corrected chi connectivity index (χ1v) is 7.20. The van der Waals surface area contributed by atoms with Crippen LogP contribution in [0.25, 0.3) is 0 Å². The Hall–Kier alpha value is -1.52. The smallest absolute Gasteiger partial charge is 0.344 e. The number of nitrogens with zero attached hydrogens (tertiary/aromatic N) is 1. The average Bonchev–Trinajstić information content (AvgIpc) is 2.81. The van der Waals surface area contributed by atoms with Gasteiger partial charge in [0.25, 0.3) is 0 Å². The van der Waals surface area contributed by atoms with Crippen molar-refractivity contribution in [1.29, 1.82) is 0 Å². The lowest BCUT2D eigenvalue weighted by Gasteiger charge is -2.46. The molecule has 21 heavy (non-hydrogen) atoms. The molecule has 114 valence electrons. The summed E-state index contributed by atoms with van der Waals surface area (Å²) in [7, 11) is 0. The van der Waals surface area contributed by atoms with Crippen LogP contribution in [0.2, 0.25) is 0 Å². The van der Waals surface area contributed by atoms with Gasteiger partial charge in [0.15, 0.2) is 0 Å². The molecule has 0 N–H and O–H groups in total. The van der Waals surface area contributed by atoms with Crippen LogP contribution in [0, 0.1) is 12.3 Å². The first-order chi connectivity index (χ1) is 9.83. The van der Waals surface area contributed by atoms with Crippen LogP contribution in [0.4, 0.5) is 13.2 Å². The summed E-state index contributed by atoms with van der Waals surface area (Å²) in [4.78, 5) is 12.4. The second-order valence-electron chi connectivity index (χ2n) is 6.52. The fraction of sp³-hybridized carbons (Fsp3) is 0.562. The number of benzene rings is 1. The Morgan fingerprint density at radius 3 is 2.67 bits per heavy atom. The van der Waals surface area contributed by atoms with Crippen LogP contribution >= 0.6 is 0 Å². The quantitative estimate of drug-likeness (QED) is 0.762. The van der Waals surface area contributed by atoms with Gasteiger partial charge in [-0.3, -0.25) is 4.79 Å². The number of hydrogen-bond acceptors (Lipinski definition) is 1. The average molecular weight is 297 g/mol. The zero-order chi connectivity index (χ0) is 15.3. The van der Waals surface area contributed by atoms with E-state index in [4.69, 9.17) is 0 Å². The van der Waals surface area contributed by atoms with E-state index in [1.165, 1.54) is 13.0 Å². The van der Waals surface area contributed by atoms with Crippen LogP contribution < -0.4 is 0 Å². The van der Waals surface area contributed by atoms with Crippen LogP contribution in [0.5, 0.6) is 0 Å². The van der Waals surface area contributed by atoms with Crippen molar-refractivity contribution in [1.82, 2.24) is 4.90 Å². The van der Waals surface area contributed by atoms with Gasteiger partial charge in [0.2, 0.25) is 6.41 Å². The molecule has 1 aromatic rings. The third-order valence-electron chi connectivity index (χ3n) is 4.97. The number of carbonyl (C=O) groups is 1. The number of aryl methyl sites for hydroxylation is 1. The van der Waals surface area contributed by atoms with Crippen LogP contribution in [0.15, 0.2) is 18.2 Å². The highest BCUT2D eigenvalue weighted by molar-refractivity contribution is 5.49. The van der Waals surface area contributed by atoms with Crippen molar-refractivity contribution in [2.45, 2.75) is 38.3 Å². The summed E-state index contributed by atoms with van der Waals surface area (Å²) in [6, 6.07) is 4.71. The second-order valence-corrected chi connectivity index (χ2v) is 6.52. The van der Waals surface area contributed by atoms with Crippen molar-refractivity contribution in [3.8, 4) is 0 Å². The summed E-state index contributed by atoms with van der Waals surface area (Å²) >= 11 is 0. The molecule has 3 rings (SSSR count).